The lowest BCUT2D eigenvalue weighted by Gasteiger charge is -2.36. The van der Waals surface area contributed by atoms with Crippen LogP contribution in [0.15, 0.2) is 0 Å². The lowest BCUT2D eigenvalue weighted by atomic mass is 9.90. The smallest absolute Gasteiger partial charge is 0.407 e. The third kappa shape index (κ3) is 5.47. The molecule has 1 heterocycles. The van der Waals surface area contributed by atoms with E-state index in [9.17, 15) is 4.79 Å². The third-order valence-electron chi connectivity index (χ3n) is 4.63. The van der Waals surface area contributed by atoms with Crippen molar-refractivity contribution in [3.63, 3.8) is 0 Å². The molecule has 1 aliphatic carbocycles. The van der Waals surface area contributed by atoms with E-state index >= 15 is 0 Å². The second kappa shape index (κ2) is 7.99. The van der Waals surface area contributed by atoms with Crippen molar-refractivity contribution in [2.45, 2.75) is 64.1 Å². The van der Waals surface area contributed by atoms with Gasteiger partial charge in [-0.05, 0) is 66.1 Å². The van der Waals surface area contributed by atoms with Crippen LogP contribution in [0.4, 0.5) is 4.79 Å². The summed E-state index contributed by atoms with van der Waals surface area (Å²) in [5, 5.41) is 3.01. The van der Waals surface area contributed by atoms with E-state index in [1.165, 1.54) is 45.4 Å². The number of carbonyl (C=O) groups excluding carboxylic acids is 1. The highest BCUT2D eigenvalue weighted by Gasteiger charge is 2.27. The van der Waals surface area contributed by atoms with Gasteiger partial charge in [-0.15, -0.1) is 0 Å². The van der Waals surface area contributed by atoms with Crippen molar-refractivity contribution in [3.8, 4) is 0 Å². The first kappa shape index (κ1) is 16.6. The number of nitrogens with zero attached hydrogens (tertiary/aromatic N) is 2. The van der Waals surface area contributed by atoms with Crippen LogP contribution in [0.2, 0.25) is 0 Å². The van der Waals surface area contributed by atoms with Crippen molar-refractivity contribution in [1.29, 1.82) is 0 Å². The van der Waals surface area contributed by atoms with Crippen LogP contribution >= 0.6 is 0 Å². The molecular formula is C16H31N3O2. The molecule has 1 aliphatic heterocycles. The molecule has 1 saturated heterocycles. The molecule has 2 aliphatic rings. The van der Waals surface area contributed by atoms with Gasteiger partial charge in [0.1, 0.15) is 0 Å². The lowest BCUT2D eigenvalue weighted by molar-refractivity contribution is 0.103. The Kier molecular flexibility index (Phi) is 6.30. The number of alkyl carbamates (subject to hydrolysis) is 1. The molecule has 1 saturated carbocycles. The molecule has 1 N–H and O–H groups in total. The van der Waals surface area contributed by atoms with E-state index in [-0.39, 0.29) is 12.2 Å². The quantitative estimate of drug-likeness (QED) is 0.866. The van der Waals surface area contributed by atoms with Crippen molar-refractivity contribution in [2.24, 2.45) is 0 Å². The second-order valence-corrected chi connectivity index (χ2v) is 6.80. The van der Waals surface area contributed by atoms with Crippen molar-refractivity contribution in [1.82, 2.24) is 15.1 Å². The largest absolute Gasteiger partial charge is 0.447 e. The molecule has 21 heavy (non-hydrogen) atoms. The van der Waals surface area contributed by atoms with Gasteiger partial charge in [0.25, 0.3) is 0 Å². The predicted molar refractivity (Wildman–Crippen MR) is 84.5 cm³/mol. The minimum absolute atomic E-state index is 0.0459. The monoisotopic (exact) mass is 297 g/mol. The van der Waals surface area contributed by atoms with Crippen LogP contribution in [0.3, 0.4) is 0 Å². The topological polar surface area (TPSA) is 44.8 Å². The minimum atomic E-state index is -0.259. The first-order chi connectivity index (χ1) is 10.0. The number of carbonyl (C=O) groups is 1. The number of amides is 1. The summed E-state index contributed by atoms with van der Waals surface area (Å²) in [4.78, 5) is 16.7. The van der Waals surface area contributed by atoms with E-state index in [1.807, 2.05) is 13.8 Å². The van der Waals surface area contributed by atoms with Gasteiger partial charge in [0, 0.05) is 25.2 Å². The number of likely N-dealkylation sites (N-methyl/N-ethyl adjacent to an activating group) is 1. The first-order valence-electron chi connectivity index (χ1n) is 8.44. The zero-order valence-electron chi connectivity index (χ0n) is 13.8. The fourth-order valence-corrected chi connectivity index (χ4v) is 3.43. The van der Waals surface area contributed by atoms with Gasteiger partial charge in [-0.1, -0.05) is 0 Å². The predicted octanol–water partition coefficient (Wildman–Crippen LogP) is 2.07. The van der Waals surface area contributed by atoms with Crippen molar-refractivity contribution < 1.29 is 9.53 Å². The van der Waals surface area contributed by atoms with Gasteiger partial charge in [0.2, 0.25) is 0 Å². The highest BCUT2D eigenvalue weighted by Crippen LogP contribution is 2.24. The molecule has 0 aromatic rings. The van der Waals surface area contributed by atoms with Gasteiger partial charge in [-0.3, -0.25) is 4.90 Å². The van der Waals surface area contributed by atoms with E-state index in [0.29, 0.717) is 12.1 Å². The Labute approximate surface area is 129 Å². The highest BCUT2D eigenvalue weighted by molar-refractivity contribution is 5.67. The molecule has 0 aromatic carbocycles. The molecule has 2 fully saturated rings. The summed E-state index contributed by atoms with van der Waals surface area (Å²) in [5.41, 5.74) is 0. The molecule has 0 aromatic heterocycles. The van der Waals surface area contributed by atoms with Crippen LogP contribution in [0.1, 0.15) is 46.0 Å². The van der Waals surface area contributed by atoms with Crippen LogP contribution in [-0.4, -0.2) is 67.3 Å². The Balaban J connectivity index is 1.71. The second-order valence-electron chi connectivity index (χ2n) is 6.80. The van der Waals surface area contributed by atoms with Crippen molar-refractivity contribution in [2.75, 3.05) is 33.2 Å². The van der Waals surface area contributed by atoms with Gasteiger partial charge >= 0.3 is 6.09 Å². The maximum absolute atomic E-state index is 11.6. The van der Waals surface area contributed by atoms with Gasteiger partial charge in [0.15, 0.2) is 0 Å². The van der Waals surface area contributed by atoms with E-state index in [4.69, 9.17) is 4.74 Å². The SMILES string of the molecule is CC(C)OC(=O)NC1CCC(N2CCCN(C)CC2)CC1. The number of rotatable bonds is 3. The average Bonchev–Trinajstić information content (AvgIpc) is 2.63. The summed E-state index contributed by atoms with van der Waals surface area (Å²) in [7, 11) is 2.21. The van der Waals surface area contributed by atoms with Crippen LogP contribution < -0.4 is 5.32 Å². The van der Waals surface area contributed by atoms with Gasteiger partial charge in [0.05, 0.1) is 6.10 Å². The molecule has 0 unspecified atom stereocenters. The van der Waals surface area contributed by atoms with E-state index in [0.717, 1.165) is 12.8 Å². The van der Waals surface area contributed by atoms with Crippen LogP contribution in [0.5, 0.6) is 0 Å². The van der Waals surface area contributed by atoms with E-state index < -0.39 is 0 Å². The Bertz CT molecular complexity index is 327. The first-order valence-corrected chi connectivity index (χ1v) is 8.44. The molecule has 0 atom stereocenters. The molecular weight excluding hydrogens is 266 g/mol. The molecule has 122 valence electrons. The Morgan fingerprint density at radius 1 is 1.10 bits per heavy atom. The molecule has 5 heteroatoms. The zero-order chi connectivity index (χ0) is 15.2. The van der Waals surface area contributed by atoms with Gasteiger partial charge in [-0.2, -0.15) is 0 Å². The van der Waals surface area contributed by atoms with Crippen molar-refractivity contribution >= 4 is 6.09 Å². The fourth-order valence-electron chi connectivity index (χ4n) is 3.43. The van der Waals surface area contributed by atoms with Crippen LogP contribution in [0, 0.1) is 0 Å². The molecule has 5 nitrogen and oxygen atoms in total. The summed E-state index contributed by atoms with van der Waals surface area (Å²) in [5.74, 6) is 0. The summed E-state index contributed by atoms with van der Waals surface area (Å²) in [6.45, 7) is 8.57. The number of hydrogen-bond donors (Lipinski definition) is 1. The summed E-state index contributed by atoms with van der Waals surface area (Å²) < 4.78 is 5.16. The highest BCUT2D eigenvalue weighted by atomic mass is 16.6. The maximum atomic E-state index is 11.6. The molecule has 0 spiro atoms. The third-order valence-corrected chi connectivity index (χ3v) is 4.63. The number of ether oxygens (including phenoxy) is 1. The standard InChI is InChI=1S/C16H31N3O2/c1-13(2)21-16(20)17-14-5-7-15(8-6-14)19-10-4-9-18(3)11-12-19/h13-15H,4-12H2,1-3H3,(H,17,20). The average molecular weight is 297 g/mol. The van der Waals surface area contributed by atoms with Gasteiger partial charge < -0.3 is 15.0 Å². The van der Waals surface area contributed by atoms with E-state index in [1.54, 1.807) is 0 Å². The summed E-state index contributed by atoms with van der Waals surface area (Å²) >= 11 is 0. The number of hydrogen-bond acceptors (Lipinski definition) is 4. The van der Waals surface area contributed by atoms with Crippen LogP contribution in [-0.2, 0) is 4.74 Å². The minimum Gasteiger partial charge on any atom is -0.447 e. The molecule has 2 rings (SSSR count). The Morgan fingerprint density at radius 2 is 1.81 bits per heavy atom. The normalized spacial score (nSPS) is 29.1. The number of nitrogens with one attached hydrogen (secondary N) is 1. The fraction of sp³-hybridized carbons (Fsp3) is 0.938. The Hall–Kier alpha value is -0.810. The van der Waals surface area contributed by atoms with Gasteiger partial charge in [-0.25, -0.2) is 4.79 Å². The van der Waals surface area contributed by atoms with Crippen LogP contribution in [0.25, 0.3) is 0 Å². The molecule has 1 amide bonds. The zero-order valence-corrected chi connectivity index (χ0v) is 13.8. The maximum Gasteiger partial charge on any atom is 0.407 e. The molecule has 0 bridgehead atoms. The van der Waals surface area contributed by atoms with Crippen molar-refractivity contribution in [3.05, 3.63) is 0 Å². The van der Waals surface area contributed by atoms with E-state index in [2.05, 4.69) is 22.2 Å². The summed E-state index contributed by atoms with van der Waals surface area (Å²) in [6, 6.07) is 0.998. The molecule has 0 radical (unpaired) electrons. The summed E-state index contributed by atoms with van der Waals surface area (Å²) in [6.07, 6.45) is 5.50. The lowest BCUT2D eigenvalue weighted by Crippen LogP contribution is -2.45. The Morgan fingerprint density at radius 3 is 2.48 bits per heavy atom.